The van der Waals surface area contributed by atoms with Crippen LogP contribution in [-0.2, 0) is 5.41 Å². The maximum Gasteiger partial charge on any atom is 0.114 e. The van der Waals surface area contributed by atoms with Gasteiger partial charge in [0.05, 0.1) is 11.0 Å². The van der Waals surface area contributed by atoms with Crippen molar-refractivity contribution in [2.45, 2.75) is 26.2 Å². The van der Waals surface area contributed by atoms with E-state index in [0.717, 1.165) is 16.9 Å². The van der Waals surface area contributed by atoms with Crippen LogP contribution in [0.25, 0.3) is 11.0 Å². The van der Waals surface area contributed by atoms with Gasteiger partial charge in [-0.3, -0.25) is 0 Å². The highest BCUT2D eigenvalue weighted by atomic mass is 14.9. The zero-order chi connectivity index (χ0) is 11.1. The Balaban J connectivity index is 2.56. The van der Waals surface area contributed by atoms with E-state index in [9.17, 15) is 0 Å². The van der Waals surface area contributed by atoms with E-state index in [0.29, 0.717) is 6.54 Å². The van der Waals surface area contributed by atoms with Crippen LogP contribution in [0, 0.1) is 6.92 Å². The van der Waals surface area contributed by atoms with Crippen LogP contribution in [0.1, 0.15) is 25.2 Å². The van der Waals surface area contributed by atoms with Gasteiger partial charge in [-0.15, -0.1) is 0 Å². The van der Waals surface area contributed by atoms with E-state index in [1.165, 1.54) is 5.56 Å². The molecular formula is C12H17N3. The zero-order valence-electron chi connectivity index (χ0n) is 9.46. The Morgan fingerprint density at radius 3 is 2.80 bits per heavy atom. The number of benzene rings is 1. The van der Waals surface area contributed by atoms with Gasteiger partial charge in [0.2, 0.25) is 0 Å². The predicted molar refractivity (Wildman–Crippen MR) is 62.9 cm³/mol. The Bertz CT molecular complexity index is 483. The highest BCUT2D eigenvalue weighted by molar-refractivity contribution is 5.76. The van der Waals surface area contributed by atoms with Crippen LogP contribution in [0.5, 0.6) is 0 Å². The van der Waals surface area contributed by atoms with E-state index in [1.54, 1.807) is 0 Å². The van der Waals surface area contributed by atoms with Gasteiger partial charge in [0.1, 0.15) is 5.82 Å². The van der Waals surface area contributed by atoms with Crippen LogP contribution in [-0.4, -0.2) is 16.5 Å². The van der Waals surface area contributed by atoms with Gasteiger partial charge < -0.3 is 10.7 Å². The van der Waals surface area contributed by atoms with Crippen molar-refractivity contribution in [3.63, 3.8) is 0 Å². The number of hydrogen-bond donors (Lipinski definition) is 2. The number of rotatable bonds is 2. The van der Waals surface area contributed by atoms with Crippen molar-refractivity contribution in [3.05, 3.63) is 29.6 Å². The third kappa shape index (κ3) is 1.75. The molecule has 2 aromatic rings. The molecule has 1 aromatic heterocycles. The van der Waals surface area contributed by atoms with Crippen LogP contribution < -0.4 is 5.73 Å². The Hall–Kier alpha value is -1.35. The van der Waals surface area contributed by atoms with Gasteiger partial charge in [0, 0.05) is 12.0 Å². The Kier molecular flexibility index (Phi) is 2.27. The molecule has 0 spiro atoms. The van der Waals surface area contributed by atoms with E-state index < -0.39 is 0 Å². The summed E-state index contributed by atoms with van der Waals surface area (Å²) in [6.07, 6.45) is 0. The second-order valence-corrected chi connectivity index (χ2v) is 4.69. The molecule has 0 aliphatic rings. The zero-order valence-corrected chi connectivity index (χ0v) is 9.46. The molecule has 2 rings (SSSR count). The molecule has 0 atom stereocenters. The average molecular weight is 203 g/mol. The van der Waals surface area contributed by atoms with E-state index in [-0.39, 0.29) is 5.41 Å². The molecule has 0 unspecified atom stereocenters. The average Bonchev–Trinajstić information content (AvgIpc) is 2.61. The third-order valence-electron chi connectivity index (χ3n) is 2.79. The molecule has 1 heterocycles. The molecule has 0 saturated carbocycles. The SMILES string of the molecule is Cc1ccc2nc(C(C)(C)CN)[nH]c2c1. The Morgan fingerprint density at radius 2 is 2.13 bits per heavy atom. The normalized spacial score (nSPS) is 12.3. The summed E-state index contributed by atoms with van der Waals surface area (Å²) in [6, 6.07) is 6.22. The molecule has 0 saturated heterocycles. The highest BCUT2D eigenvalue weighted by Gasteiger charge is 2.22. The van der Waals surface area contributed by atoms with Crippen molar-refractivity contribution in [3.8, 4) is 0 Å². The number of hydrogen-bond acceptors (Lipinski definition) is 2. The minimum Gasteiger partial charge on any atom is -0.341 e. The molecule has 0 aliphatic heterocycles. The van der Waals surface area contributed by atoms with Crippen LogP contribution in [0.4, 0.5) is 0 Å². The van der Waals surface area contributed by atoms with E-state index in [1.807, 2.05) is 6.07 Å². The fraction of sp³-hybridized carbons (Fsp3) is 0.417. The number of imidazole rings is 1. The summed E-state index contributed by atoms with van der Waals surface area (Å²) in [6.45, 7) is 6.86. The first-order valence-corrected chi connectivity index (χ1v) is 5.20. The number of fused-ring (bicyclic) bond motifs is 1. The molecule has 3 N–H and O–H groups in total. The van der Waals surface area contributed by atoms with Crippen LogP contribution in [0.2, 0.25) is 0 Å². The summed E-state index contributed by atoms with van der Waals surface area (Å²) >= 11 is 0. The predicted octanol–water partition coefficient (Wildman–Crippen LogP) is 2.11. The number of nitrogens with zero attached hydrogens (tertiary/aromatic N) is 1. The summed E-state index contributed by atoms with van der Waals surface area (Å²) < 4.78 is 0. The van der Waals surface area contributed by atoms with E-state index in [4.69, 9.17) is 5.73 Å². The van der Waals surface area contributed by atoms with Crippen molar-refractivity contribution in [1.82, 2.24) is 9.97 Å². The molecule has 80 valence electrons. The lowest BCUT2D eigenvalue weighted by Gasteiger charge is -2.18. The van der Waals surface area contributed by atoms with Crippen molar-refractivity contribution in [2.75, 3.05) is 6.54 Å². The fourth-order valence-electron chi connectivity index (χ4n) is 1.54. The highest BCUT2D eigenvalue weighted by Crippen LogP contribution is 2.22. The molecule has 0 radical (unpaired) electrons. The van der Waals surface area contributed by atoms with Crippen molar-refractivity contribution in [2.24, 2.45) is 5.73 Å². The number of nitrogens with one attached hydrogen (secondary N) is 1. The lowest BCUT2D eigenvalue weighted by atomic mass is 9.93. The first-order chi connectivity index (χ1) is 7.03. The fourth-order valence-corrected chi connectivity index (χ4v) is 1.54. The molecule has 3 nitrogen and oxygen atoms in total. The number of aromatic nitrogens is 2. The lowest BCUT2D eigenvalue weighted by molar-refractivity contribution is 0.509. The molecule has 0 aliphatic carbocycles. The summed E-state index contributed by atoms with van der Waals surface area (Å²) in [5.74, 6) is 0.964. The van der Waals surface area contributed by atoms with Gasteiger partial charge in [-0.2, -0.15) is 0 Å². The minimum atomic E-state index is -0.0904. The van der Waals surface area contributed by atoms with E-state index in [2.05, 4.69) is 42.9 Å². The maximum atomic E-state index is 5.73. The molecule has 15 heavy (non-hydrogen) atoms. The van der Waals surface area contributed by atoms with Gasteiger partial charge in [0.15, 0.2) is 0 Å². The largest absolute Gasteiger partial charge is 0.341 e. The summed E-state index contributed by atoms with van der Waals surface area (Å²) in [5, 5.41) is 0. The van der Waals surface area contributed by atoms with Gasteiger partial charge in [-0.25, -0.2) is 4.98 Å². The quantitative estimate of drug-likeness (QED) is 0.785. The van der Waals surface area contributed by atoms with Gasteiger partial charge in [-0.05, 0) is 24.6 Å². The monoisotopic (exact) mass is 203 g/mol. The van der Waals surface area contributed by atoms with Gasteiger partial charge in [0.25, 0.3) is 0 Å². The first kappa shape index (κ1) is 10.2. The second kappa shape index (κ2) is 3.35. The molecular weight excluding hydrogens is 186 g/mol. The molecule has 0 fully saturated rings. The van der Waals surface area contributed by atoms with Crippen molar-refractivity contribution < 1.29 is 0 Å². The van der Waals surface area contributed by atoms with Gasteiger partial charge >= 0.3 is 0 Å². The van der Waals surface area contributed by atoms with Crippen molar-refractivity contribution in [1.29, 1.82) is 0 Å². The van der Waals surface area contributed by atoms with Crippen LogP contribution >= 0.6 is 0 Å². The topological polar surface area (TPSA) is 54.7 Å². The standard InChI is InChI=1S/C12H17N3/c1-8-4-5-9-10(6-8)15-11(14-9)12(2,3)7-13/h4-6H,7,13H2,1-3H3,(H,14,15). The number of H-pyrrole nitrogens is 1. The number of nitrogens with two attached hydrogens (primary N) is 1. The summed E-state index contributed by atoms with van der Waals surface area (Å²) in [4.78, 5) is 7.90. The molecule has 1 aromatic carbocycles. The summed E-state index contributed by atoms with van der Waals surface area (Å²) in [7, 11) is 0. The Labute approximate surface area is 89.7 Å². The molecule has 0 amide bonds. The molecule has 0 bridgehead atoms. The lowest BCUT2D eigenvalue weighted by Crippen LogP contribution is -2.29. The van der Waals surface area contributed by atoms with Crippen molar-refractivity contribution >= 4 is 11.0 Å². The smallest absolute Gasteiger partial charge is 0.114 e. The Morgan fingerprint density at radius 1 is 1.40 bits per heavy atom. The van der Waals surface area contributed by atoms with Crippen LogP contribution in [0.3, 0.4) is 0 Å². The minimum absolute atomic E-state index is 0.0904. The summed E-state index contributed by atoms with van der Waals surface area (Å²) in [5.41, 5.74) is 8.98. The second-order valence-electron chi connectivity index (χ2n) is 4.69. The first-order valence-electron chi connectivity index (χ1n) is 5.20. The number of aryl methyl sites for hydroxylation is 1. The third-order valence-corrected chi connectivity index (χ3v) is 2.79. The van der Waals surface area contributed by atoms with Crippen LogP contribution in [0.15, 0.2) is 18.2 Å². The van der Waals surface area contributed by atoms with E-state index >= 15 is 0 Å². The number of aromatic amines is 1. The van der Waals surface area contributed by atoms with Gasteiger partial charge in [-0.1, -0.05) is 19.9 Å². The maximum absolute atomic E-state index is 5.73. The molecule has 3 heteroatoms.